The molecule has 2 unspecified atom stereocenters. The lowest BCUT2D eigenvalue weighted by atomic mass is 9.90. The SMILES string of the molecule is CCOC(CC(CCCOC1CCCCO1)C(=O)Cc1ccccc1)OCC. The molecule has 1 aromatic carbocycles. The molecule has 0 aromatic heterocycles. The lowest BCUT2D eigenvalue weighted by Crippen LogP contribution is -2.27. The summed E-state index contributed by atoms with van der Waals surface area (Å²) in [5.41, 5.74) is 1.05. The summed E-state index contributed by atoms with van der Waals surface area (Å²) in [6, 6.07) is 9.91. The van der Waals surface area contributed by atoms with Gasteiger partial charge in [-0.05, 0) is 51.5 Å². The van der Waals surface area contributed by atoms with Gasteiger partial charge in [0.05, 0.1) is 0 Å². The minimum atomic E-state index is -0.331. The Morgan fingerprint density at radius 3 is 2.54 bits per heavy atom. The summed E-state index contributed by atoms with van der Waals surface area (Å²) in [7, 11) is 0. The van der Waals surface area contributed by atoms with Gasteiger partial charge in [0, 0.05) is 45.2 Å². The maximum absolute atomic E-state index is 13.0. The van der Waals surface area contributed by atoms with Crippen LogP contribution >= 0.6 is 0 Å². The largest absolute Gasteiger partial charge is 0.353 e. The standard InChI is InChI=1S/C23H36O5/c1-3-25-23(26-4-2)18-20(21(24)17-19-11-6-5-7-12-19)13-10-16-28-22-14-8-9-15-27-22/h5-7,11-12,20,22-23H,3-4,8-10,13-18H2,1-2H3. The summed E-state index contributed by atoms with van der Waals surface area (Å²) in [5.74, 6) is 0.142. The number of ether oxygens (including phenoxy) is 4. The fourth-order valence-corrected chi connectivity index (χ4v) is 3.53. The second-order valence-corrected chi connectivity index (χ2v) is 7.21. The third-order valence-electron chi connectivity index (χ3n) is 5.00. The molecule has 2 rings (SSSR count). The minimum Gasteiger partial charge on any atom is -0.353 e. The molecule has 1 aliphatic rings. The molecule has 5 nitrogen and oxygen atoms in total. The highest BCUT2D eigenvalue weighted by molar-refractivity contribution is 5.83. The Kier molecular flexibility index (Phi) is 11.4. The fourth-order valence-electron chi connectivity index (χ4n) is 3.53. The summed E-state index contributed by atoms with van der Waals surface area (Å²) in [6.45, 7) is 6.45. The van der Waals surface area contributed by atoms with E-state index >= 15 is 0 Å². The lowest BCUT2D eigenvalue weighted by Gasteiger charge is -2.24. The van der Waals surface area contributed by atoms with Gasteiger partial charge in [0.25, 0.3) is 0 Å². The van der Waals surface area contributed by atoms with Crippen molar-refractivity contribution in [2.45, 2.75) is 71.4 Å². The molecule has 0 spiro atoms. The molecule has 0 amide bonds. The van der Waals surface area contributed by atoms with Gasteiger partial charge >= 0.3 is 0 Å². The number of carbonyl (C=O) groups is 1. The Morgan fingerprint density at radius 2 is 1.89 bits per heavy atom. The molecule has 0 saturated carbocycles. The van der Waals surface area contributed by atoms with E-state index in [2.05, 4.69) is 0 Å². The van der Waals surface area contributed by atoms with Crippen LogP contribution in [0.4, 0.5) is 0 Å². The van der Waals surface area contributed by atoms with Crippen LogP contribution in [0, 0.1) is 5.92 Å². The molecule has 1 fully saturated rings. The number of Topliss-reactive ketones (excluding diaryl/α,β-unsaturated/α-hetero) is 1. The van der Waals surface area contributed by atoms with Crippen LogP contribution in [0.25, 0.3) is 0 Å². The zero-order valence-electron chi connectivity index (χ0n) is 17.4. The molecule has 1 aromatic rings. The number of hydrogen-bond donors (Lipinski definition) is 0. The molecule has 158 valence electrons. The molecule has 1 heterocycles. The minimum absolute atomic E-state index is 0.0770. The van der Waals surface area contributed by atoms with E-state index in [1.165, 1.54) is 0 Å². The molecular weight excluding hydrogens is 356 g/mol. The summed E-state index contributed by atoms with van der Waals surface area (Å²) in [6.07, 6.45) is 5.47. The predicted molar refractivity (Wildman–Crippen MR) is 109 cm³/mol. The van der Waals surface area contributed by atoms with E-state index in [9.17, 15) is 4.79 Å². The molecule has 2 atom stereocenters. The topological polar surface area (TPSA) is 54.0 Å². The van der Waals surface area contributed by atoms with Gasteiger partial charge in [-0.2, -0.15) is 0 Å². The van der Waals surface area contributed by atoms with Crippen molar-refractivity contribution < 1.29 is 23.7 Å². The predicted octanol–water partition coefficient (Wildman–Crippen LogP) is 4.53. The Bertz CT molecular complexity index is 521. The van der Waals surface area contributed by atoms with Gasteiger partial charge < -0.3 is 18.9 Å². The average Bonchev–Trinajstić information content (AvgIpc) is 2.72. The average molecular weight is 393 g/mol. The van der Waals surface area contributed by atoms with Crippen LogP contribution in [-0.2, 0) is 30.2 Å². The molecule has 0 radical (unpaired) electrons. The summed E-state index contributed by atoms with van der Waals surface area (Å²) in [5, 5.41) is 0. The lowest BCUT2D eigenvalue weighted by molar-refractivity contribution is -0.164. The van der Waals surface area contributed by atoms with Crippen LogP contribution < -0.4 is 0 Å². The first-order chi connectivity index (χ1) is 13.7. The van der Waals surface area contributed by atoms with E-state index in [0.29, 0.717) is 32.7 Å². The fraction of sp³-hybridized carbons (Fsp3) is 0.696. The number of rotatable bonds is 14. The number of carbonyl (C=O) groups excluding carboxylic acids is 1. The second kappa shape index (κ2) is 13.8. The third-order valence-corrected chi connectivity index (χ3v) is 5.00. The number of ketones is 1. The first-order valence-electron chi connectivity index (χ1n) is 10.8. The number of benzene rings is 1. The highest BCUT2D eigenvalue weighted by Crippen LogP contribution is 2.21. The molecule has 0 N–H and O–H groups in total. The van der Waals surface area contributed by atoms with Crippen molar-refractivity contribution in [3.8, 4) is 0 Å². The summed E-state index contributed by atoms with van der Waals surface area (Å²) >= 11 is 0. The van der Waals surface area contributed by atoms with Crippen LogP contribution in [0.2, 0.25) is 0 Å². The van der Waals surface area contributed by atoms with Crippen molar-refractivity contribution in [3.63, 3.8) is 0 Å². The number of hydrogen-bond acceptors (Lipinski definition) is 5. The third kappa shape index (κ3) is 8.82. The van der Waals surface area contributed by atoms with Gasteiger partial charge in [-0.25, -0.2) is 0 Å². The molecular formula is C23H36O5. The van der Waals surface area contributed by atoms with E-state index in [1.807, 2.05) is 44.2 Å². The Labute approximate surface area is 169 Å². The molecule has 28 heavy (non-hydrogen) atoms. The highest BCUT2D eigenvalue weighted by Gasteiger charge is 2.24. The van der Waals surface area contributed by atoms with E-state index in [-0.39, 0.29) is 24.3 Å². The maximum atomic E-state index is 13.0. The molecule has 1 aliphatic heterocycles. The van der Waals surface area contributed by atoms with Crippen LogP contribution in [0.5, 0.6) is 0 Å². The first-order valence-corrected chi connectivity index (χ1v) is 10.8. The first kappa shape index (κ1) is 23.0. The van der Waals surface area contributed by atoms with Crippen LogP contribution in [0.3, 0.4) is 0 Å². The van der Waals surface area contributed by atoms with Gasteiger partial charge in [-0.3, -0.25) is 4.79 Å². The normalized spacial score (nSPS) is 18.3. The van der Waals surface area contributed by atoms with Gasteiger partial charge in [0.15, 0.2) is 12.6 Å². The van der Waals surface area contributed by atoms with E-state index in [0.717, 1.165) is 44.3 Å². The van der Waals surface area contributed by atoms with Crippen molar-refractivity contribution in [2.24, 2.45) is 5.92 Å². The molecule has 0 aliphatic carbocycles. The van der Waals surface area contributed by atoms with Crippen molar-refractivity contribution in [1.29, 1.82) is 0 Å². The van der Waals surface area contributed by atoms with Crippen molar-refractivity contribution in [2.75, 3.05) is 26.4 Å². The Hall–Kier alpha value is -1.27. The van der Waals surface area contributed by atoms with Gasteiger partial charge in [-0.1, -0.05) is 30.3 Å². The van der Waals surface area contributed by atoms with E-state index in [1.54, 1.807) is 0 Å². The van der Waals surface area contributed by atoms with Gasteiger partial charge in [0.2, 0.25) is 0 Å². The Morgan fingerprint density at radius 1 is 1.14 bits per heavy atom. The van der Waals surface area contributed by atoms with E-state index < -0.39 is 0 Å². The van der Waals surface area contributed by atoms with E-state index in [4.69, 9.17) is 18.9 Å². The van der Waals surface area contributed by atoms with Crippen LogP contribution in [0.1, 0.15) is 57.9 Å². The summed E-state index contributed by atoms with van der Waals surface area (Å²) in [4.78, 5) is 13.0. The second-order valence-electron chi connectivity index (χ2n) is 7.21. The molecule has 1 saturated heterocycles. The van der Waals surface area contributed by atoms with Crippen LogP contribution in [0.15, 0.2) is 30.3 Å². The Balaban J connectivity index is 1.87. The van der Waals surface area contributed by atoms with Crippen molar-refractivity contribution in [3.05, 3.63) is 35.9 Å². The smallest absolute Gasteiger partial charge is 0.158 e. The zero-order chi connectivity index (χ0) is 20.0. The van der Waals surface area contributed by atoms with Gasteiger partial charge in [-0.15, -0.1) is 0 Å². The van der Waals surface area contributed by atoms with Crippen molar-refractivity contribution >= 4 is 5.78 Å². The molecule has 5 heteroatoms. The highest BCUT2D eigenvalue weighted by atomic mass is 16.7. The quantitative estimate of drug-likeness (QED) is 0.344. The van der Waals surface area contributed by atoms with Crippen LogP contribution in [-0.4, -0.2) is 44.8 Å². The zero-order valence-corrected chi connectivity index (χ0v) is 17.4. The molecule has 0 bridgehead atoms. The summed E-state index contributed by atoms with van der Waals surface area (Å²) < 4.78 is 22.8. The van der Waals surface area contributed by atoms with Gasteiger partial charge in [0.1, 0.15) is 5.78 Å². The van der Waals surface area contributed by atoms with Crippen molar-refractivity contribution in [1.82, 2.24) is 0 Å². The maximum Gasteiger partial charge on any atom is 0.158 e. The monoisotopic (exact) mass is 392 g/mol.